The number of sulfonamides is 1. The molecule has 0 aromatic heterocycles. The fraction of sp³-hybridized carbons (Fsp3) is 0.280. The maximum absolute atomic E-state index is 13.9. The first kappa shape index (κ1) is 30.6. The molecule has 5 nitrogen and oxygen atoms in total. The maximum Gasteiger partial charge on any atom is 0.419 e. The summed E-state index contributed by atoms with van der Waals surface area (Å²) in [5.74, 6) is -0.611. The second-order valence-corrected chi connectivity index (χ2v) is 12.7. The molecule has 0 spiro atoms. The summed E-state index contributed by atoms with van der Waals surface area (Å²) < 4.78 is 117. The SMILES string of the molecule is C[C@@]1(Oc2cc(NS(=O)(=O)c3ccc(Sc4cccc(Cl)c4Cl)c(C(F)(F)F)c3)ccc2C(F)(F)F)CCNC1. The molecule has 216 valence electrons. The monoisotopic (exact) mass is 644 g/mol. The molecule has 2 N–H and O–H groups in total. The fourth-order valence-electron chi connectivity index (χ4n) is 3.93. The fourth-order valence-corrected chi connectivity index (χ4v) is 6.48. The number of anilines is 1. The molecule has 0 unspecified atom stereocenters. The Balaban J connectivity index is 1.68. The van der Waals surface area contributed by atoms with Crippen molar-refractivity contribution in [3.05, 3.63) is 75.8 Å². The van der Waals surface area contributed by atoms with E-state index in [4.69, 9.17) is 27.9 Å². The van der Waals surface area contributed by atoms with Gasteiger partial charge in [0.15, 0.2) is 0 Å². The Kier molecular flexibility index (Phi) is 8.55. The van der Waals surface area contributed by atoms with Crippen LogP contribution in [0.5, 0.6) is 5.75 Å². The van der Waals surface area contributed by atoms with E-state index in [-0.39, 0.29) is 32.1 Å². The summed E-state index contributed by atoms with van der Waals surface area (Å²) in [7, 11) is -4.66. The lowest BCUT2D eigenvalue weighted by atomic mass is 10.1. The second-order valence-electron chi connectivity index (χ2n) is 9.10. The normalized spacial score (nSPS) is 18.1. The van der Waals surface area contributed by atoms with Crippen LogP contribution in [0.1, 0.15) is 24.5 Å². The van der Waals surface area contributed by atoms with Crippen LogP contribution in [0.2, 0.25) is 10.0 Å². The lowest BCUT2D eigenvalue weighted by Crippen LogP contribution is -2.35. The molecule has 1 heterocycles. The van der Waals surface area contributed by atoms with E-state index in [1.807, 2.05) is 0 Å². The standard InChI is InChI=1S/C25H20Cl2F6N2O3S2/c1-23(9-10-34-13-23)38-19-11-14(5-7-16(19)24(28,29)30)35-40(36,37)15-6-8-20(17(12-15)25(31,32)33)39-21-4-2-3-18(26)22(21)27/h2-8,11-12,34-35H,9-10,13H2,1H3/t23-/m1/s1. The van der Waals surface area contributed by atoms with Gasteiger partial charge in [-0.25, -0.2) is 8.42 Å². The van der Waals surface area contributed by atoms with Crippen molar-refractivity contribution in [1.82, 2.24) is 5.32 Å². The third kappa shape index (κ3) is 6.93. The first-order chi connectivity index (χ1) is 18.5. The molecule has 4 rings (SSSR count). The number of halogens is 8. The van der Waals surface area contributed by atoms with Gasteiger partial charge in [-0.05, 0) is 55.9 Å². The molecule has 0 amide bonds. The summed E-state index contributed by atoms with van der Waals surface area (Å²) in [5.41, 5.74) is -3.67. The average Bonchev–Trinajstić information content (AvgIpc) is 3.26. The molecule has 3 aromatic carbocycles. The molecular formula is C25H20Cl2F6N2O3S2. The van der Waals surface area contributed by atoms with Gasteiger partial charge in [0.25, 0.3) is 10.0 Å². The van der Waals surface area contributed by atoms with E-state index in [1.54, 1.807) is 6.92 Å². The minimum Gasteiger partial charge on any atom is -0.485 e. The molecule has 1 fully saturated rings. The summed E-state index contributed by atoms with van der Waals surface area (Å²) in [6.07, 6.45) is -9.33. The molecule has 0 bridgehead atoms. The van der Waals surface area contributed by atoms with Crippen LogP contribution < -0.4 is 14.8 Å². The first-order valence-electron chi connectivity index (χ1n) is 11.5. The zero-order chi connectivity index (χ0) is 29.5. The van der Waals surface area contributed by atoms with Crippen LogP contribution in [0.25, 0.3) is 0 Å². The highest BCUT2D eigenvalue weighted by Crippen LogP contribution is 2.44. The van der Waals surface area contributed by atoms with Crippen molar-refractivity contribution >= 4 is 50.7 Å². The van der Waals surface area contributed by atoms with Crippen LogP contribution in [0.4, 0.5) is 32.0 Å². The Morgan fingerprint density at radius 1 is 0.950 bits per heavy atom. The largest absolute Gasteiger partial charge is 0.485 e. The van der Waals surface area contributed by atoms with E-state index in [0.717, 1.165) is 24.3 Å². The smallest absolute Gasteiger partial charge is 0.419 e. The Labute approximate surface area is 240 Å². The van der Waals surface area contributed by atoms with E-state index >= 15 is 0 Å². The molecule has 3 aromatic rings. The topological polar surface area (TPSA) is 67.4 Å². The number of benzene rings is 3. The van der Waals surface area contributed by atoms with Crippen molar-refractivity contribution < 1.29 is 39.5 Å². The molecule has 0 aliphatic carbocycles. The van der Waals surface area contributed by atoms with Crippen molar-refractivity contribution in [3.63, 3.8) is 0 Å². The average molecular weight is 645 g/mol. The molecule has 0 radical (unpaired) electrons. The van der Waals surface area contributed by atoms with Crippen LogP contribution in [0, 0.1) is 0 Å². The zero-order valence-corrected chi connectivity index (χ0v) is 23.5. The van der Waals surface area contributed by atoms with Crippen molar-refractivity contribution in [3.8, 4) is 5.75 Å². The Morgan fingerprint density at radius 3 is 2.27 bits per heavy atom. The van der Waals surface area contributed by atoms with E-state index < -0.39 is 49.7 Å². The van der Waals surface area contributed by atoms with Gasteiger partial charge in [-0.15, -0.1) is 0 Å². The Morgan fingerprint density at radius 2 is 1.65 bits per heavy atom. The first-order valence-corrected chi connectivity index (χ1v) is 14.5. The van der Waals surface area contributed by atoms with Gasteiger partial charge in [0.1, 0.15) is 11.4 Å². The van der Waals surface area contributed by atoms with E-state index in [2.05, 4.69) is 10.0 Å². The number of hydrogen-bond acceptors (Lipinski definition) is 5. The summed E-state index contributed by atoms with van der Waals surface area (Å²) in [6.45, 7) is 2.40. The van der Waals surface area contributed by atoms with Gasteiger partial charge in [-0.1, -0.05) is 41.0 Å². The van der Waals surface area contributed by atoms with Gasteiger partial charge in [0, 0.05) is 28.8 Å². The highest BCUT2D eigenvalue weighted by atomic mass is 35.5. The Hall–Kier alpha value is -2.32. The predicted molar refractivity (Wildman–Crippen MR) is 141 cm³/mol. The zero-order valence-electron chi connectivity index (χ0n) is 20.4. The van der Waals surface area contributed by atoms with Gasteiger partial charge in [0.2, 0.25) is 0 Å². The van der Waals surface area contributed by atoms with Crippen LogP contribution in [0.3, 0.4) is 0 Å². The minimum atomic E-state index is -4.95. The van der Waals surface area contributed by atoms with Gasteiger partial charge >= 0.3 is 12.4 Å². The van der Waals surface area contributed by atoms with E-state index in [0.29, 0.717) is 36.9 Å². The summed E-state index contributed by atoms with van der Waals surface area (Å²) >= 11 is 12.7. The number of hydrogen-bond donors (Lipinski definition) is 2. The highest BCUT2D eigenvalue weighted by Gasteiger charge is 2.39. The molecule has 15 heteroatoms. The van der Waals surface area contributed by atoms with Crippen molar-refractivity contribution in [2.75, 3.05) is 17.8 Å². The molecule has 1 aliphatic heterocycles. The summed E-state index contributed by atoms with van der Waals surface area (Å²) in [4.78, 5) is -0.869. The molecule has 1 aliphatic rings. The number of alkyl halides is 6. The van der Waals surface area contributed by atoms with Crippen molar-refractivity contribution in [2.24, 2.45) is 0 Å². The third-order valence-corrected chi connectivity index (χ3v) is 9.37. The summed E-state index contributed by atoms with van der Waals surface area (Å²) in [6, 6.07) is 9.14. The Bertz CT molecular complexity index is 1530. The summed E-state index contributed by atoms with van der Waals surface area (Å²) in [5, 5.41) is 3.14. The second kappa shape index (κ2) is 11.2. The van der Waals surface area contributed by atoms with Crippen LogP contribution >= 0.6 is 35.0 Å². The highest BCUT2D eigenvalue weighted by molar-refractivity contribution is 7.99. The predicted octanol–water partition coefficient (Wildman–Crippen LogP) is 8.11. The minimum absolute atomic E-state index is 0.0308. The van der Waals surface area contributed by atoms with Crippen LogP contribution in [-0.2, 0) is 22.4 Å². The van der Waals surface area contributed by atoms with Crippen LogP contribution in [0.15, 0.2) is 69.3 Å². The number of ether oxygens (including phenoxy) is 1. The van der Waals surface area contributed by atoms with Gasteiger partial charge < -0.3 is 10.1 Å². The van der Waals surface area contributed by atoms with Gasteiger partial charge in [-0.3, -0.25) is 4.72 Å². The molecular weight excluding hydrogens is 625 g/mol. The van der Waals surface area contributed by atoms with E-state index in [1.165, 1.54) is 18.2 Å². The number of rotatable bonds is 7. The molecule has 1 saturated heterocycles. The van der Waals surface area contributed by atoms with E-state index in [9.17, 15) is 34.8 Å². The molecule has 40 heavy (non-hydrogen) atoms. The lowest BCUT2D eigenvalue weighted by molar-refractivity contribution is -0.140. The van der Waals surface area contributed by atoms with Gasteiger partial charge in [-0.2, -0.15) is 26.3 Å². The third-order valence-electron chi connectivity index (χ3n) is 5.93. The maximum atomic E-state index is 13.9. The lowest BCUT2D eigenvalue weighted by Gasteiger charge is -2.27. The van der Waals surface area contributed by atoms with Crippen molar-refractivity contribution in [1.29, 1.82) is 0 Å². The quantitative estimate of drug-likeness (QED) is 0.254. The molecule has 1 atom stereocenters. The molecule has 0 saturated carbocycles. The van der Waals surface area contributed by atoms with Crippen molar-refractivity contribution in [2.45, 2.75) is 46.0 Å². The number of nitrogens with one attached hydrogen (secondary N) is 2. The van der Waals surface area contributed by atoms with Crippen LogP contribution in [-0.4, -0.2) is 27.1 Å². The van der Waals surface area contributed by atoms with Gasteiger partial charge in [0.05, 0.1) is 31.8 Å².